The van der Waals surface area contributed by atoms with E-state index in [0.29, 0.717) is 19.8 Å². The Morgan fingerprint density at radius 2 is 1.70 bits per heavy atom. The predicted octanol–water partition coefficient (Wildman–Crippen LogP) is 2.58. The van der Waals surface area contributed by atoms with Crippen LogP contribution in [0.1, 0.15) is 46.1 Å². The summed E-state index contributed by atoms with van der Waals surface area (Å²) in [6.45, 7) is 9.93. The summed E-state index contributed by atoms with van der Waals surface area (Å²) in [5.41, 5.74) is 0.838. The molecule has 0 amide bonds. The van der Waals surface area contributed by atoms with Gasteiger partial charge >= 0.3 is 0 Å². The molecule has 4 nitrogen and oxygen atoms in total. The van der Waals surface area contributed by atoms with Gasteiger partial charge in [-0.05, 0) is 46.1 Å². The number of benzene rings is 1. The summed E-state index contributed by atoms with van der Waals surface area (Å²) in [6.07, 6.45) is 0.650. The average molecular weight is 321 g/mol. The van der Waals surface area contributed by atoms with Crippen molar-refractivity contribution >= 4 is 0 Å². The van der Waals surface area contributed by atoms with Gasteiger partial charge in [0.05, 0.1) is 25.4 Å². The third-order valence-corrected chi connectivity index (χ3v) is 4.75. The highest BCUT2D eigenvalue weighted by molar-refractivity contribution is 5.13. The SMILES string of the molecule is CC1(C)CC(O)CC(C)(C)N1C[C@@H](O)COCc1ccccc1. The van der Waals surface area contributed by atoms with E-state index in [9.17, 15) is 10.2 Å². The van der Waals surface area contributed by atoms with Crippen LogP contribution in [0, 0.1) is 0 Å². The molecule has 1 aliphatic heterocycles. The lowest BCUT2D eigenvalue weighted by atomic mass is 9.78. The van der Waals surface area contributed by atoms with Crippen LogP contribution in [0.25, 0.3) is 0 Å². The van der Waals surface area contributed by atoms with Gasteiger partial charge in [-0.2, -0.15) is 0 Å². The average Bonchev–Trinajstić information content (AvgIpc) is 2.43. The number of nitrogens with zero attached hydrogens (tertiary/aromatic N) is 1. The van der Waals surface area contributed by atoms with E-state index in [2.05, 4.69) is 32.6 Å². The van der Waals surface area contributed by atoms with Crippen molar-refractivity contribution in [2.75, 3.05) is 13.2 Å². The molecule has 1 aliphatic rings. The third kappa shape index (κ3) is 5.01. The molecule has 0 aliphatic carbocycles. The first kappa shape index (κ1) is 18.4. The zero-order chi connectivity index (χ0) is 17.1. The van der Waals surface area contributed by atoms with E-state index < -0.39 is 6.10 Å². The van der Waals surface area contributed by atoms with Crippen LogP contribution in [0.5, 0.6) is 0 Å². The Bertz CT molecular complexity index is 469. The van der Waals surface area contributed by atoms with Crippen molar-refractivity contribution < 1.29 is 14.9 Å². The van der Waals surface area contributed by atoms with Crippen molar-refractivity contribution in [3.63, 3.8) is 0 Å². The maximum Gasteiger partial charge on any atom is 0.0900 e. The Labute approximate surface area is 140 Å². The highest BCUT2D eigenvalue weighted by atomic mass is 16.5. The topological polar surface area (TPSA) is 52.9 Å². The summed E-state index contributed by atoms with van der Waals surface area (Å²) >= 11 is 0. The molecule has 0 aromatic heterocycles. The lowest BCUT2D eigenvalue weighted by Crippen LogP contribution is -2.63. The van der Waals surface area contributed by atoms with Crippen LogP contribution in [-0.4, -0.2) is 51.6 Å². The lowest BCUT2D eigenvalue weighted by Gasteiger charge is -2.55. The smallest absolute Gasteiger partial charge is 0.0900 e. The Hall–Kier alpha value is -0.940. The first-order chi connectivity index (χ1) is 10.7. The number of β-amino-alcohol motifs (C(OH)–C–C–N with tert-alkyl or cyclic N) is 1. The van der Waals surface area contributed by atoms with E-state index in [0.717, 1.165) is 18.4 Å². The van der Waals surface area contributed by atoms with Gasteiger partial charge in [0, 0.05) is 17.6 Å². The highest BCUT2D eigenvalue weighted by Gasteiger charge is 2.45. The van der Waals surface area contributed by atoms with Gasteiger partial charge in [-0.15, -0.1) is 0 Å². The number of hydrogen-bond donors (Lipinski definition) is 2. The van der Waals surface area contributed by atoms with Crippen LogP contribution in [0.2, 0.25) is 0 Å². The molecule has 2 N–H and O–H groups in total. The zero-order valence-electron chi connectivity index (χ0n) is 14.8. The molecule has 0 spiro atoms. The molecule has 4 heteroatoms. The number of aliphatic hydroxyl groups is 2. The molecule has 0 unspecified atom stereocenters. The number of hydrogen-bond acceptors (Lipinski definition) is 4. The van der Waals surface area contributed by atoms with Gasteiger partial charge in [-0.25, -0.2) is 0 Å². The molecule has 0 bridgehead atoms. The summed E-state index contributed by atoms with van der Waals surface area (Å²) in [5, 5.41) is 20.5. The predicted molar refractivity (Wildman–Crippen MR) is 92.2 cm³/mol. The van der Waals surface area contributed by atoms with E-state index in [1.165, 1.54) is 0 Å². The van der Waals surface area contributed by atoms with Gasteiger partial charge in [0.1, 0.15) is 0 Å². The van der Waals surface area contributed by atoms with E-state index >= 15 is 0 Å². The standard InChI is InChI=1S/C19H31NO3/c1-18(2)10-16(21)11-19(3,4)20(18)12-17(22)14-23-13-15-8-6-5-7-9-15/h5-9,16-17,21-22H,10-14H2,1-4H3/t17-/m1/s1. The van der Waals surface area contributed by atoms with Crippen LogP contribution in [0.15, 0.2) is 30.3 Å². The molecule has 1 heterocycles. The Morgan fingerprint density at radius 1 is 1.13 bits per heavy atom. The number of piperidine rings is 1. The van der Waals surface area contributed by atoms with E-state index in [1.807, 2.05) is 30.3 Å². The van der Waals surface area contributed by atoms with Gasteiger partial charge in [0.25, 0.3) is 0 Å². The molecular weight excluding hydrogens is 290 g/mol. The quantitative estimate of drug-likeness (QED) is 0.845. The van der Waals surface area contributed by atoms with Crippen LogP contribution in [-0.2, 0) is 11.3 Å². The highest BCUT2D eigenvalue weighted by Crippen LogP contribution is 2.38. The second kappa shape index (κ2) is 7.31. The van der Waals surface area contributed by atoms with Crippen molar-refractivity contribution in [2.45, 2.75) is 70.4 Å². The molecule has 1 saturated heterocycles. The molecule has 1 fully saturated rings. The summed E-state index contributed by atoms with van der Waals surface area (Å²) in [5.74, 6) is 0. The number of ether oxygens (including phenoxy) is 1. The van der Waals surface area contributed by atoms with Crippen LogP contribution >= 0.6 is 0 Å². The Morgan fingerprint density at radius 3 is 2.26 bits per heavy atom. The molecule has 23 heavy (non-hydrogen) atoms. The first-order valence-electron chi connectivity index (χ1n) is 8.46. The normalized spacial score (nSPS) is 22.9. The first-order valence-corrected chi connectivity index (χ1v) is 8.46. The van der Waals surface area contributed by atoms with Crippen molar-refractivity contribution in [1.82, 2.24) is 4.90 Å². The molecule has 2 rings (SSSR count). The van der Waals surface area contributed by atoms with Gasteiger partial charge in [-0.3, -0.25) is 4.90 Å². The van der Waals surface area contributed by atoms with Crippen molar-refractivity contribution in [3.05, 3.63) is 35.9 Å². The number of aliphatic hydroxyl groups excluding tert-OH is 2. The fourth-order valence-corrected chi connectivity index (χ4v) is 3.91. The summed E-state index contributed by atoms with van der Waals surface area (Å²) in [6, 6.07) is 9.99. The fraction of sp³-hybridized carbons (Fsp3) is 0.684. The largest absolute Gasteiger partial charge is 0.393 e. The maximum absolute atomic E-state index is 10.4. The number of likely N-dealkylation sites (tertiary alicyclic amines) is 1. The molecule has 0 radical (unpaired) electrons. The molecule has 1 aromatic carbocycles. The Kier molecular flexibility index (Phi) is 5.84. The summed E-state index contributed by atoms with van der Waals surface area (Å²) < 4.78 is 5.65. The summed E-state index contributed by atoms with van der Waals surface area (Å²) in [4.78, 5) is 2.31. The lowest BCUT2D eigenvalue weighted by molar-refractivity contribution is -0.105. The van der Waals surface area contributed by atoms with Gasteiger partial charge < -0.3 is 14.9 Å². The van der Waals surface area contributed by atoms with E-state index in [4.69, 9.17) is 4.74 Å². The molecule has 130 valence electrons. The van der Waals surface area contributed by atoms with Gasteiger partial charge in [0.15, 0.2) is 0 Å². The third-order valence-electron chi connectivity index (χ3n) is 4.75. The molecular formula is C19H31NO3. The number of rotatable bonds is 6. The minimum Gasteiger partial charge on any atom is -0.393 e. The Balaban J connectivity index is 1.87. The minimum absolute atomic E-state index is 0.137. The van der Waals surface area contributed by atoms with E-state index in [1.54, 1.807) is 0 Å². The maximum atomic E-state index is 10.4. The van der Waals surface area contributed by atoms with Crippen LogP contribution < -0.4 is 0 Å². The second-order valence-electron chi connectivity index (χ2n) is 7.95. The minimum atomic E-state index is -0.535. The molecule has 1 aromatic rings. The fourth-order valence-electron chi connectivity index (χ4n) is 3.91. The zero-order valence-corrected chi connectivity index (χ0v) is 14.8. The van der Waals surface area contributed by atoms with Crippen LogP contribution in [0.3, 0.4) is 0 Å². The second-order valence-corrected chi connectivity index (χ2v) is 7.95. The van der Waals surface area contributed by atoms with Crippen molar-refractivity contribution in [3.8, 4) is 0 Å². The van der Waals surface area contributed by atoms with Crippen LogP contribution in [0.4, 0.5) is 0 Å². The molecule has 1 atom stereocenters. The van der Waals surface area contributed by atoms with Gasteiger partial charge in [-0.1, -0.05) is 30.3 Å². The van der Waals surface area contributed by atoms with E-state index in [-0.39, 0.29) is 17.2 Å². The summed E-state index contributed by atoms with van der Waals surface area (Å²) in [7, 11) is 0. The monoisotopic (exact) mass is 321 g/mol. The van der Waals surface area contributed by atoms with Gasteiger partial charge in [0.2, 0.25) is 0 Å². The molecule has 0 saturated carbocycles. The van der Waals surface area contributed by atoms with Crippen molar-refractivity contribution in [1.29, 1.82) is 0 Å². The van der Waals surface area contributed by atoms with Crippen molar-refractivity contribution in [2.24, 2.45) is 0 Å².